The lowest BCUT2D eigenvalue weighted by atomic mass is 10.0. The Morgan fingerprint density at radius 3 is 2.60 bits per heavy atom. The molecule has 3 aromatic rings. The molecule has 0 unspecified atom stereocenters. The van der Waals surface area contributed by atoms with Crippen molar-refractivity contribution in [3.63, 3.8) is 0 Å². The molecule has 1 aromatic heterocycles. The minimum atomic E-state index is -3.66. The predicted molar refractivity (Wildman–Crippen MR) is 101 cm³/mol. The molecule has 4 rings (SSSR count). The van der Waals surface area contributed by atoms with E-state index in [0.717, 1.165) is 30.3 Å². The molecule has 2 aromatic carbocycles. The van der Waals surface area contributed by atoms with Crippen LogP contribution in [0.25, 0.3) is 10.9 Å². The van der Waals surface area contributed by atoms with Gasteiger partial charge in [0.2, 0.25) is 0 Å². The summed E-state index contributed by atoms with van der Waals surface area (Å²) < 4.78 is 27.6. The van der Waals surface area contributed by atoms with Crippen molar-refractivity contribution in [1.82, 2.24) is 9.29 Å². The van der Waals surface area contributed by atoms with Crippen molar-refractivity contribution in [2.75, 3.05) is 6.54 Å². The minimum Gasteiger partial charge on any atom is -0.314 e. The quantitative estimate of drug-likeness (QED) is 0.755. The largest absolute Gasteiger partial charge is 0.314 e. The number of rotatable bonds is 4. The molecule has 25 heavy (non-hydrogen) atoms. The first-order valence-corrected chi connectivity index (χ1v) is 10.2. The Kier molecular flexibility index (Phi) is 4.31. The summed E-state index contributed by atoms with van der Waals surface area (Å²) in [5, 5.41) is 4.99. The molecule has 0 saturated carbocycles. The van der Waals surface area contributed by atoms with Crippen molar-refractivity contribution in [2.24, 2.45) is 0 Å². The molecule has 0 bridgehead atoms. The lowest BCUT2D eigenvalue weighted by Crippen LogP contribution is -2.23. The van der Waals surface area contributed by atoms with E-state index in [1.807, 2.05) is 24.3 Å². The SMILES string of the molecule is O=S(=O)(c1ccc(Cl)cc1)n1cc(C[C@@H]2CCCN2)c2ccccc21. The lowest BCUT2D eigenvalue weighted by molar-refractivity contribution is 0.587. The topological polar surface area (TPSA) is 51.1 Å². The van der Waals surface area contributed by atoms with Crippen molar-refractivity contribution in [1.29, 1.82) is 0 Å². The van der Waals surface area contributed by atoms with E-state index in [9.17, 15) is 8.42 Å². The van der Waals surface area contributed by atoms with Gasteiger partial charge in [-0.05, 0) is 61.7 Å². The Morgan fingerprint density at radius 1 is 1.12 bits per heavy atom. The summed E-state index contributed by atoms with van der Waals surface area (Å²) in [6, 6.07) is 14.4. The van der Waals surface area contributed by atoms with E-state index in [4.69, 9.17) is 11.6 Å². The van der Waals surface area contributed by atoms with E-state index < -0.39 is 10.0 Å². The highest BCUT2D eigenvalue weighted by Crippen LogP contribution is 2.28. The summed E-state index contributed by atoms with van der Waals surface area (Å²) in [5.74, 6) is 0. The maximum Gasteiger partial charge on any atom is 0.268 e. The van der Waals surface area contributed by atoms with Crippen LogP contribution in [0.1, 0.15) is 18.4 Å². The van der Waals surface area contributed by atoms with E-state index in [1.54, 1.807) is 30.5 Å². The molecule has 1 N–H and O–H groups in total. The smallest absolute Gasteiger partial charge is 0.268 e. The zero-order valence-electron chi connectivity index (χ0n) is 13.7. The van der Waals surface area contributed by atoms with Gasteiger partial charge in [-0.2, -0.15) is 0 Å². The van der Waals surface area contributed by atoms with Gasteiger partial charge in [-0.1, -0.05) is 29.8 Å². The van der Waals surface area contributed by atoms with Gasteiger partial charge in [0.15, 0.2) is 0 Å². The Morgan fingerprint density at radius 2 is 1.88 bits per heavy atom. The first-order valence-electron chi connectivity index (χ1n) is 8.39. The number of hydrogen-bond acceptors (Lipinski definition) is 3. The Labute approximate surface area is 152 Å². The summed E-state index contributed by atoms with van der Waals surface area (Å²) in [6.45, 7) is 1.03. The van der Waals surface area contributed by atoms with Crippen LogP contribution >= 0.6 is 11.6 Å². The molecule has 0 spiro atoms. The zero-order valence-corrected chi connectivity index (χ0v) is 15.2. The number of nitrogens with zero attached hydrogens (tertiary/aromatic N) is 1. The first kappa shape index (κ1) is 16.6. The second-order valence-corrected chi connectivity index (χ2v) is 8.68. The van der Waals surface area contributed by atoms with Crippen LogP contribution in [-0.2, 0) is 16.4 Å². The number of fused-ring (bicyclic) bond motifs is 1. The summed E-state index contributed by atoms with van der Waals surface area (Å²) in [7, 11) is -3.66. The first-order chi connectivity index (χ1) is 12.1. The fourth-order valence-corrected chi connectivity index (χ4v) is 5.01. The molecule has 1 saturated heterocycles. The van der Waals surface area contributed by atoms with Crippen molar-refractivity contribution < 1.29 is 8.42 Å². The molecule has 6 heteroatoms. The number of benzene rings is 2. The molecule has 4 nitrogen and oxygen atoms in total. The second kappa shape index (κ2) is 6.48. The highest BCUT2D eigenvalue weighted by molar-refractivity contribution is 7.90. The molecule has 0 amide bonds. The summed E-state index contributed by atoms with van der Waals surface area (Å²) in [4.78, 5) is 0.239. The summed E-state index contributed by atoms with van der Waals surface area (Å²) in [6.07, 6.45) is 4.91. The van der Waals surface area contributed by atoms with Crippen LogP contribution in [0.15, 0.2) is 59.6 Å². The van der Waals surface area contributed by atoms with Crippen molar-refractivity contribution in [2.45, 2.75) is 30.2 Å². The number of hydrogen-bond donors (Lipinski definition) is 1. The van der Waals surface area contributed by atoms with E-state index in [1.165, 1.54) is 10.4 Å². The van der Waals surface area contributed by atoms with Gasteiger partial charge in [-0.25, -0.2) is 12.4 Å². The van der Waals surface area contributed by atoms with E-state index in [-0.39, 0.29) is 4.90 Å². The van der Waals surface area contributed by atoms with Crippen LogP contribution in [0.3, 0.4) is 0 Å². The van der Waals surface area contributed by atoms with Crippen LogP contribution in [0.5, 0.6) is 0 Å². The van der Waals surface area contributed by atoms with E-state index >= 15 is 0 Å². The zero-order chi connectivity index (χ0) is 17.4. The van der Waals surface area contributed by atoms with Gasteiger partial charge in [0.25, 0.3) is 10.0 Å². The third kappa shape index (κ3) is 3.08. The Balaban J connectivity index is 1.82. The van der Waals surface area contributed by atoms with Crippen LogP contribution in [0, 0.1) is 0 Å². The summed E-state index contributed by atoms with van der Waals surface area (Å²) in [5.41, 5.74) is 1.78. The molecule has 130 valence electrons. The third-order valence-corrected chi connectivity index (χ3v) is 6.70. The molecule has 0 radical (unpaired) electrons. The molecule has 1 atom stereocenters. The van der Waals surface area contributed by atoms with Crippen molar-refractivity contribution in [3.8, 4) is 0 Å². The average Bonchev–Trinajstić information content (AvgIpc) is 3.24. The van der Waals surface area contributed by atoms with Crippen LogP contribution in [0.4, 0.5) is 0 Å². The predicted octanol–water partition coefficient (Wildman–Crippen LogP) is 3.83. The molecular weight excluding hydrogens is 356 g/mol. The van der Waals surface area contributed by atoms with Crippen LogP contribution in [0.2, 0.25) is 5.02 Å². The highest BCUT2D eigenvalue weighted by atomic mass is 35.5. The van der Waals surface area contributed by atoms with E-state index in [0.29, 0.717) is 16.6 Å². The average molecular weight is 375 g/mol. The van der Waals surface area contributed by atoms with Gasteiger partial charge in [0, 0.05) is 22.6 Å². The number of halogens is 1. The number of nitrogens with one attached hydrogen (secondary N) is 1. The lowest BCUT2D eigenvalue weighted by Gasteiger charge is -2.08. The van der Waals surface area contributed by atoms with Gasteiger partial charge in [-0.3, -0.25) is 0 Å². The van der Waals surface area contributed by atoms with Gasteiger partial charge in [0.05, 0.1) is 10.4 Å². The number of aromatic nitrogens is 1. The molecule has 1 aliphatic heterocycles. The van der Waals surface area contributed by atoms with Crippen molar-refractivity contribution in [3.05, 3.63) is 65.3 Å². The van der Waals surface area contributed by atoms with Gasteiger partial charge < -0.3 is 5.32 Å². The molecule has 0 aliphatic carbocycles. The van der Waals surface area contributed by atoms with Gasteiger partial charge >= 0.3 is 0 Å². The van der Waals surface area contributed by atoms with Gasteiger partial charge in [-0.15, -0.1) is 0 Å². The molecular formula is C19H19ClN2O2S. The molecule has 1 fully saturated rings. The van der Waals surface area contributed by atoms with Crippen LogP contribution in [-0.4, -0.2) is 25.0 Å². The standard InChI is InChI=1S/C19H19ClN2O2S/c20-15-7-9-17(10-8-15)25(23,24)22-13-14(12-16-4-3-11-21-16)18-5-1-2-6-19(18)22/h1-2,5-10,13,16,21H,3-4,11-12H2/t16-/m0/s1. The molecule has 2 heterocycles. The second-order valence-electron chi connectivity index (χ2n) is 6.42. The normalized spacial score (nSPS) is 18.0. The summed E-state index contributed by atoms with van der Waals surface area (Å²) >= 11 is 5.89. The Bertz CT molecular complexity index is 1000. The fraction of sp³-hybridized carbons (Fsp3) is 0.263. The van der Waals surface area contributed by atoms with Crippen LogP contribution < -0.4 is 5.32 Å². The van der Waals surface area contributed by atoms with Crippen molar-refractivity contribution >= 4 is 32.5 Å². The van der Waals surface area contributed by atoms with Gasteiger partial charge in [0.1, 0.15) is 0 Å². The third-order valence-electron chi connectivity index (χ3n) is 4.76. The Hall–Kier alpha value is -1.82. The maximum absolute atomic E-state index is 13.1. The maximum atomic E-state index is 13.1. The minimum absolute atomic E-state index is 0.239. The molecule has 1 aliphatic rings. The fourth-order valence-electron chi connectivity index (χ4n) is 3.50. The van der Waals surface area contributed by atoms with E-state index in [2.05, 4.69) is 5.32 Å². The number of para-hydroxylation sites is 1. The monoisotopic (exact) mass is 374 g/mol. The highest BCUT2D eigenvalue weighted by Gasteiger charge is 2.23.